The molecule has 48 heavy (non-hydrogen) atoms. The van der Waals surface area contributed by atoms with Gasteiger partial charge in [-0.25, -0.2) is 17.9 Å². The summed E-state index contributed by atoms with van der Waals surface area (Å²) in [5.74, 6) is 0.935. The fraction of sp³-hybridized carbons (Fsp3) is 0.600. The summed E-state index contributed by atoms with van der Waals surface area (Å²) in [4.78, 5) is 27.9. The van der Waals surface area contributed by atoms with E-state index < -0.39 is 16.1 Å². The van der Waals surface area contributed by atoms with Gasteiger partial charge < -0.3 is 25.6 Å². The Morgan fingerprint density at radius 2 is 1.62 bits per heavy atom. The van der Waals surface area contributed by atoms with Crippen LogP contribution in [0.3, 0.4) is 0 Å². The third kappa shape index (κ3) is 15.0. The van der Waals surface area contributed by atoms with Crippen molar-refractivity contribution in [1.82, 2.24) is 14.9 Å². The quantitative estimate of drug-likeness (QED) is 0.0441. The van der Waals surface area contributed by atoms with Gasteiger partial charge >= 0.3 is 6.09 Å². The van der Waals surface area contributed by atoms with Gasteiger partial charge in [0.05, 0.1) is 32.0 Å². The molecule has 2 aromatic rings. The second-order valence-electron chi connectivity index (χ2n) is 11.9. The summed E-state index contributed by atoms with van der Waals surface area (Å²) in [6.45, 7) is 3.07. The monoisotopic (exact) mass is 724 g/mol. The number of nitrogens with two attached hydrogens (primary N) is 1. The lowest BCUT2D eigenvalue weighted by Gasteiger charge is -2.18. The molecule has 10 nitrogen and oxygen atoms in total. The van der Waals surface area contributed by atoms with E-state index in [1.807, 2.05) is 49.5 Å². The zero-order valence-corrected chi connectivity index (χ0v) is 31.8. The maximum absolute atomic E-state index is 13.2. The zero-order chi connectivity index (χ0) is 35.2. The van der Waals surface area contributed by atoms with Crippen LogP contribution in [0.1, 0.15) is 77.6 Å². The molecular weight excluding hydrogens is 667 g/mol. The van der Waals surface area contributed by atoms with Crippen LogP contribution in [0.15, 0.2) is 53.6 Å². The van der Waals surface area contributed by atoms with Crippen molar-refractivity contribution >= 4 is 59.7 Å². The Hall–Kier alpha value is -2.45. The highest BCUT2D eigenvalue weighted by Crippen LogP contribution is 2.30. The number of sulfonamides is 1. The first-order valence-electron chi connectivity index (χ1n) is 17.1. The van der Waals surface area contributed by atoms with Crippen LogP contribution in [0.2, 0.25) is 0 Å². The van der Waals surface area contributed by atoms with Crippen molar-refractivity contribution in [2.24, 2.45) is 5.73 Å². The Balaban J connectivity index is 1.94. The van der Waals surface area contributed by atoms with E-state index in [9.17, 15) is 18.0 Å². The van der Waals surface area contributed by atoms with E-state index in [-0.39, 0.29) is 33.3 Å². The molecule has 13 heteroatoms. The fourth-order valence-electron chi connectivity index (χ4n) is 5.36. The van der Waals surface area contributed by atoms with Crippen molar-refractivity contribution < 1.29 is 22.7 Å². The fourth-order valence-corrected chi connectivity index (χ4v) is 10.1. The Morgan fingerprint density at radius 1 is 0.979 bits per heavy atom. The van der Waals surface area contributed by atoms with Gasteiger partial charge in [0, 0.05) is 69.2 Å². The first-order valence-corrected chi connectivity index (χ1v) is 21.8. The number of nitrogens with one attached hydrogen (secondary N) is 2. The van der Waals surface area contributed by atoms with Crippen molar-refractivity contribution in [3.05, 3.63) is 48.7 Å². The predicted octanol–water partition coefficient (Wildman–Crippen LogP) is 6.37. The number of hydrogen-bond donors (Lipinski definition) is 3. The number of rotatable bonds is 26. The highest BCUT2D eigenvalue weighted by atomic mass is 33.1. The Kier molecular flexibility index (Phi) is 20.7. The third-order valence-corrected chi connectivity index (χ3v) is 13.9. The molecule has 2 amide bonds. The first kappa shape index (κ1) is 41.7. The standard InChI is InChI=1S/C35H57N5O5S3/c1-5-6-7-8-9-10-11-12-13-14-28-47(46-4)34(22-17-26-40(29-41)27-23-36)45-35(42)37-24-25-38-48(43,44)33-21-16-18-30-31(33)19-15-20-32(30)39(2)3/h15-21,26,29,34,38H,5-14,22-25,27-28,36H2,1-4H3/p+1. The average Bonchev–Trinajstić information content (AvgIpc) is 3.07. The molecule has 0 aromatic heterocycles. The number of fused-ring (bicyclic) bond motifs is 1. The first-order chi connectivity index (χ1) is 23.2. The van der Waals surface area contributed by atoms with Gasteiger partial charge in [-0.1, -0.05) is 88.6 Å². The summed E-state index contributed by atoms with van der Waals surface area (Å²) in [7, 11) is 1.45. The molecule has 2 unspecified atom stereocenters. The predicted molar refractivity (Wildman–Crippen MR) is 205 cm³/mol. The molecule has 2 rings (SSSR count). The molecule has 0 spiro atoms. The molecule has 4 N–H and O–H groups in total. The molecule has 0 aliphatic rings. The summed E-state index contributed by atoms with van der Waals surface area (Å²) < 4.78 is 35.0. The Bertz CT molecular complexity index is 1360. The Labute approximate surface area is 295 Å². The summed E-state index contributed by atoms with van der Waals surface area (Å²) >= 11 is 0. The van der Waals surface area contributed by atoms with E-state index in [4.69, 9.17) is 10.5 Å². The van der Waals surface area contributed by atoms with E-state index in [2.05, 4.69) is 17.0 Å². The number of anilines is 1. The van der Waals surface area contributed by atoms with E-state index >= 15 is 0 Å². The van der Waals surface area contributed by atoms with Gasteiger partial charge in [-0.15, -0.1) is 0 Å². The molecule has 2 aromatic carbocycles. The highest BCUT2D eigenvalue weighted by Gasteiger charge is 2.33. The van der Waals surface area contributed by atoms with Crippen molar-refractivity contribution in [3.8, 4) is 0 Å². The van der Waals surface area contributed by atoms with Crippen molar-refractivity contribution in [3.63, 3.8) is 0 Å². The molecule has 2 atom stereocenters. The van der Waals surface area contributed by atoms with E-state index in [1.54, 1.807) is 35.2 Å². The lowest BCUT2D eigenvalue weighted by atomic mass is 10.1. The topological polar surface area (TPSA) is 134 Å². The molecule has 0 radical (unpaired) electrons. The number of nitrogens with zero attached hydrogens (tertiary/aromatic N) is 2. The van der Waals surface area contributed by atoms with Crippen molar-refractivity contribution in [2.75, 3.05) is 57.2 Å². The van der Waals surface area contributed by atoms with E-state index in [1.165, 1.54) is 56.3 Å². The van der Waals surface area contributed by atoms with Crippen LogP contribution in [0.5, 0.6) is 0 Å². The van der Waals surface area contributed by atoms with Crippen LogP contribution >= 0.6 is 10.8 Å². The van der Waals surface area contributed by atoms with Gasteiger partial charge in [0.15, 0.2) is 0 Å². The number of unbranched alkanes of at least 4 members (excludes halogenated alkanes) is 9. The minimum Gasteiger partial charge on any atom is -0.398 e. The van der Waals surface area contributed by atoms with Crippen LogP contribution < -0.4 is 20.7 Å². The molecule has 0 saturated carbocycles. The maximum atomic E-state index is 13.2. The summed E-state index contributed by atoms with van der Waals surface area (Å²) in [6.07, 6.45) is 18.7. The SMILES string of the molecule is CCCCCCCCCCCC[S+](SC)C(CC=CN(C=O)CCN)OC(=O)NCCNS(=O)(=O)c1cccc2c(N(C)C)cccc12. The van der Waals surface area contributed by atoms with Crippen molar-refractivity contribution in [2.45, 2.75) is 87.9 Å². The number of hydrogen-bond acceptors (Lipinski definition) is 8. The number of alkyl carbamates (subject to hydrolysis) is 1. The molecule has 0 aliphatic carbocycles. The van der Waals surface area contributed by atoms with Gasteiger partial charge in [0.1, 0.15) is 5.75 Å². The van der Waals surface area contributed by atoms with Gasteiger partial charge in [-0.2, -0.15) is 0 Å². The second-order valence-corrected chi connectivity index (χ2v) is 17.9. The molecule has 0 heterocycles. The summed E-state index contributed by atoms with van der Waals surface area (Å²) in [5.41, 5.74) is 6.13. The number of amides is 2. The van der Waals surface area contributed by atoms with Crippen LogP contribution in [0.4, 0.5) is 10.5 Å². The molecule has 0 aliphatic heterocycles. The molecule has 0 fully saturated rings. The largest absolute Gasteiger partial charge is 0.411 e. The van der Waals surface area contributed by atoms with Crippen molar-refractivity contribution in [1.29, 1.82) is 0 Å². The third-order valence-electron chi connectivity index (χ3n) is 7.91. The number of ether oxygens (including phenoxy) is 1. The molecule has 0 bridgehead atoms. The van der Waals surface area contributed by atoms with E-state index in [0.717, 1.165) is 36.1 Å². The van der Waals surface area contributed by atoms with Crippen LogP contribution in [0, 0.1) is 0 Å². The van der Waals surface area contributed by atoms with Crippen LogP contribution in [-0.4, -0.2) is 83.5 Å². The average molecular weight is 725 g/mol. The van der Waals surface area contributed by atoms with Gasteiger partial charge in [0.2, 0.25) is 16.4 Å². The van der Waals surface area contributed by atoms with Crippen LogP contribution in [0.25, 0.3) is 10.8 Å². The minimum atomic E-state index is -3.83. The minimum absolute atomic E-state index is 0.00594. The molecule has 0 saturated heterocycles. The summed E-state index contributed by atoms with van der Waals surface area (Å²) in [5, 5.41) is 4.18. The number of benzene rings is 2. The smallest absolute Gasteiger partial charge is 0.398 e. The molecular formula is C35H58N5O5S3+. The van der Waals surface area contributed by atoms with E-state index in [0.29, 0.717) is 24.9 Å². The van der Waals surface area contributed by atoms with Crippen LogP contribution in [-0.2, 0) is 29.5 Å². The normalized spacial score (nSPS) is 13.0. The van der Waals surface area contributed by atoms with Gasteiger partial charge in [-0.3, -0.25) is 4.79 Å². The Morgan fingerprint density at radius 3 is 2.25 bits per heavy atom. The van der Waals surface area contributed by atoms with Gasteiger partial charge in [0.25, 0.3) is 5.44 Å². The lowest BCUT2D eigenvalue weighted by Crippen LogP contribution is -2.38. The maximum Gasteiger partial charge on any atom is 0.411 e. The molecule has 270 valence electrons. The highest BCUT2D eigenvalue weighted by molar-refractivity contribution is 8.74. The number of carbonyl (C=O) groups excluding carboxylic acids is 2. The lowest BCUT2D eigenvalue weighted by molar-refractivity contribution is -0.115. The zero-order valence-electron chi connectivity index (χ0n) is 29.3. The number of carbonyl (C=O) groups is 2. The second kappa shape index (κ2) is 23.8. The summed E-state index contributed by atoms with van der Waals surface area (Å²) in [6, 6.07) is 10.8. The van der Waals surface area contributed by atoms with Gasteiger partial charge in [-0.05, 0) is 25.0 Å².